The van der Waals surface area contributed by atoms with Crippen LogP contribution in [0, 0.1) is 33.4 Å². The van der Waals surface area contributed by atoms with Crippen molar-refractivity contribution in [1.82, 2.24) is 0 Å². The zero-order chi connectivity index (χ0) is 19.6. The van der Waals surface area contributed by atoms with E-state index in [0.717, 1.165) is 32.4 Å². The SMILES string of the molecule is COc1cc([N+](=O)[O-])ccc1NC(=O)c1c(F)c(F)c(OC)c(F)c1F. The minimum absolute atomic E-state index is 0.206. The van der Waals surface area contributed by atoms with Crippen LogP contribution in [0.1, 0.15) is 10.4 Å². The van der Waals surface area contributed by atoms with Crippen molar-refractivity contribution in [1.29, 1.82) is 0 Å². The van der Waals surface area contributed by atoms with Gasteiger partial charge < -0.3 is 14.8 Å². The van der Waals surface area contributed by atoms with Crippen molar-refractivity contribution in [3.63, 3.8) is 0 Å². The molecule has 0 atom stereocenters. The van der Waals surface area contributed by atoms with Crippen molar-refractivity contribution in [2.45, 2.75) is 0 Å². The van der Waals surface area contributed by atoms with E-state index < -0.39 is 45.4 Å². The Morgan fingerprint density at radius 1 is 1.04 bits per heavy atom. The number of carbonyl (C=O) groups is 1. The summed E-state index contributed by atoms with van der Waals surface area (Å²) in [5.74, 6) is -10.7. The average molecular weight is 374 g/mol. The van der Waals surface area contributed by atoms with Gasteiger partial charge in [-0.3, -0.25) is 14.9 Å². The molecule has 26 heavy (non-hydrogen) atoms. The highest BCUT2D eigenvalue weighted by atomic mass is 19.2. The number of hydrogen-bond donors (Lipinski definition) is 1. The maximum absolute atomic E-state index is 14.0. The van der Waals surface area contributed by atoms with E-state index in [4.69, 9.17) is 4.74 Å². The van der Waals surface area contributed by atoms with Gasteiger partial charge in [-0.05, 0) is 6.07 Å². The normalized spacial score (nSPS) is 10.4. The molecule has 0 radical (unpaired) electrons. The molecular weight excluding hydrogens is 364 g/mol. The van der Waals surface area contributed by atoms with Crippen molar-refractivity contribution in [2.75, 3.05) is 19.5 Å². The molecule has 0 aliphatic heterocycles. The highest BCUT2D eigenvalue weighted by molar-refractivity contribution is 6.05. The lowest BCUT2D eigenvalue weighted by molar-refractivity contribution is -0.384. The minimum atomic E-state index is -1.96. The average Bonchev–Trinajstić information content (AvgIpc) is 2.61. The second kappa shape index (κ2) is 7.25. The van der Waals surface area contributed by atoms with Crippen LogP contribution >= 0.6 is 0 Å². The van der Waals surface area contributed by atoms with E-state index in [1.165, 1.54) is 0 Å². The molecule has 0 saturated heterocycles. The summed E-state index contributed by atoms with van der Waals surface area (Å²) in [7, 11) is 1.92. The second-order valence-electron chi connectivity index (χ2n) is 4.76. The van der Waals surface area contributed by atoms with Crippen LogP contribution in [-0.4, -0.2) is 25.1 Å². The Kier molecular flexibility index (Phi) is 5.29. The fourth-order valence-electron chi connectivity index (χ4n) is 2.07. The lowest BCUT2D eigenvalue weighted by atomic mass is 10.1. The van der Waals surface area contributed by atoms with E-state index >= 15 is 0 Å². The highest BCUT2D eigenvalue weighted by Gasteiger charge is 2.30. The van der Waals surface area contributed by atoms with Gasteiger partial charge in [0.25, 0.3) is 11.6 Å². The fraction of sp³-hybridized carbons (Fsp3) is 0.133. The van der Waals surface area contributed by atoms with Crippen LogP contribution in [0.15, 0.2) is 18.2 Å². The van der Waals surface area contributed by atoms with E-state index in [1.54, 1.807) is 0 Å². The van der Waals surface area contributed by atoms with Crippen molar-refractivity contribution in [3.05, 3.63) is 57.1 Å². The third-order valence-corrected chi connectivity index (χ3v) is 3.30. The van der Waals surface area contributed by atoms with Crippen LogP contribution in [0.3, 0.4) is 0 Å². The largest absolute Gasteiger partial charge is 0.494 e. The van der Waals surface area contributed by atoms with Crippen LogP contribution in [0.2, 0.25) is 0 Å². The first-order chi connectivity index (χ1) is 12.2. The molecule has 2 aromatic carbocycles. The Hall–Kier alpha value is -3.37. The number of carbonyl (C=O) groups excluding carboxylic acids is 1. The number of rotatable bonds is 5. The summed E-state index contributed by atoms with van der Waals surface area (Å²) in [6.07, 6.45) is 0. The van der Waals surface area contributed by atoms with Gasteiger partial charge >= 0.3 is 0 Å². The van der Waals surface area contributed by atoms with Crippen molar-refractivity contribution >= 4 is 17.3 Å². The van der Waals surface area contributed by atoms with Crippen molar-refractivity contribution in [3.8, 4) is 11.5 Å². The zero-order valence-corrected chi connectivity index (χ0v) is 13.2. The number of halogens is 4. The summed E-state index contributed by atoms with van der Waals surface area (Å²) < 4.78 is 64.4. The van der Waals surface area contributed by atoms with Gasteiger partial charge in [0.1, 0.15) is 11.3 Å². The quantitative estimate of drug-likeness (QED) is 0.375. The van der Waals surface area contributed by atoms with E-state index in [-0.39, 0.29) is 17.1 Å². The van der Waals surface area contributed by atoms with Crippen LogP contribution in [0.5, 0.6) is 11.5 Å². The molecule has 0 aliphatic carbocycles. The molecule has 0 fully saturated rings. The number of nitrogens with one attached hydrogen (secondary N) is 1. The van der Waals surface area contributed by atoms with Gasteiger partial charge in [0.15, 0.2) is 17.4 Å². The van der Waals surface area contributed by atoms with Crippen LogP contribution in [0.4, 0.5) is 28.9 Å². The number of methoxy groups -OCH3 is 2. The Morgan fingerprint density at radius 2 is 1.62 bits per heavy atom. The van der Waals surface area contributed by atoms with E-state index in [2.05, 4.69) is 4.74 Å². The minimum Gasteiger partial charge on any atom is -0.494 e. The van der Waals surface area contributed by atoms with Gasteiger partial charge in [0.05, 0.1) is 30.9 Å². The van der Waals surface area contributed by atoms with Gasteiger partial charge in [-0.2, -0.15) is 8.78 Å². The van der Waals surface area contributed by atoms with Gasteiger partial charge in [-0.15, -0.1) is 0 Å². The third kappa shape index (κ3) is 3.23. The predicted molar refractivity (Wildman–Crippen MR) is 80.4 cm³/mol. The first-order valence-electron chi connectivity index (χ1n) is 6.76. The highest BCUT2D eigenvalue weighted by Crippen LogP contribution is 2.32. The van der Waals surface area contributed by atoms with E-state index in [1.807, 2.05) is 5.32 Å². The molecule has 7 nitrogen and oxygen atoms in total. The lowest BCUT2D eigenvalue weighted by Gasteiger charge is -2.13. The topological polar surface area (TPSA) is 90.7 Å². The Bertz CT molecular complexity index is 875. The van der Waals surface area contributed by atoms with Gasteiger partial charge in [0.2, 0.25) is 11.6 Å². The molecule has 2 aromatic rings. The fourth-order valence-corrected chi connectivity index (χ4v) is 2.07. The third-order valence-electron chi connectivity index (χ3n) is 3.30. The van der Waals surface area contributed by atoms with Crippen LogP contribution in [0.25, 0.3) is 0 Å². The lowest BCUT2D eigenvalue weighted by Crippen LogP contribution is -2.19. The number of benzene rings is 2. The first kappa shape index (κ1) is 19.0. The van der Waals surface area contributed by atoms with Gasteiger partial charge in [0, 0.05) is 6.07 Å². The number of non-ortho nitro benzene ring substituents is 1. The van der Waals surface area contributed by atoms with E-state index in [0.29, 0.717) is 0 Å². The molecule has 0 aromatic heterocycles. The van der Waals surface area contributed by atoms with Gasteiger partial charge in [-0.1, -0.05) is 0 Å². The molecule has 0 spiro atoms. The number of ether oxygens (including phenoxy) is 2. The van der Waals surface area contributed by atoms with Crippen LogP contribution < -0.4 is 14.8 Å². The molecule has 0 heterocycles. The number of anilines is 1. The summed E-state index contributed by atoms with van der Waals surface area (Å²) >= 11 is 0. The molecule has 1 N–H and O–H groups in total. The summed E-state index contributed by atoms with van der Waals surface area (Å²) in [6.45, 7) is 0. The van der Waals surface area contributed by atoms with Crippen molar-refractivity contribution in [2.24, 2.45) is 0 Å². The predicted octanol–water partition coefficient (Wildman–Crippen LogP) is 3.42. The molecule has 0 saturated carbocycles. The molecule has 1 amide bonds. The number of nitro groups is 1. The number of nitro benzene ring substituents is 1. The molecule has 0 aliphatic rings. The standard InChI is InChI=1S/C15H10F4N2O5/c1-25-8-5-6(21(23)24)3-4-7(8)20-15(22)9-10(16)12(18)14(26-2)13(19)11(9)17/h3-5H,1-2H3,(H,20,22). The molecule has 0 bridgehead atoms. The molecular formula is C15H10F4N2O5. The van der Waals surface area contributed by atoms with E-state index in [9.17, 15) is 32.5 Å². The summed E-state index contributed by atoms with van der Waals surface area (Å²) in [5, 5.41) is 12.7. The number of nitrogens with zero attached hydrogens (tertiary/aromatic N) is 1. The summed E-state index contributed by atoms with van der Waals surface area (Å²) in [4.78, 5) is 22.1. The second-order valence-corrected chi connectivity index (χ2v) is 4.76. The number of hydrogen-bond acceptors (Lipinski definition) is 5. The maximum Gasteiger partial charge on any atom is 0.273 e. The molecule has 0 unspecified atom stereocenters. The summed E-state index contributed by atoms with van der Waals surface area (Å²) in [5.41, 5.74) is -2.11. The first-order valence-corrected chi connectivity index (χ1v) is 6.76. The summed E-state index contributed by atoms with van der Waals surface area (Å²) in [6, 6.07) is 2.96. The Balaban J connectivity index is 2.48. The maximum atomic E-state index is 14.0. The molecule has 11 heteroatoms. The Labute approximate surface area is 143 Å². The zero-order valence-electron chi connectivity index (χ0n) is 13.2. The molecule has 138 valence electrons. The monoisotopic (exact) mass is 374 g/mol. The Morgan fingerprint density at radius 3 is 2.08 bits per heavy atom. The van der Waals surface area contributed by atoms with Crippen LogP contribution in [-0.2, 0) is 0 Å². The number of amides is 1. The smallest absolute Gasteiger partial charge is 0.273 e. The molecule has 2 rings (SSSR count). The van der Waals surface area contributed by atoms with Gasteiger partial charge in [-0.25, -0.2) is 8.78 Å². The van der Waals surface area contributed by atoms with Crippen molar-refractivity contribution < 1.29 is 36.8 Å².